The molecule has 0 aliphatic heterocycles. The number of benzene rings is 9. The molecule has 0 aliphatic carbocycles. The zero-order chi connectivity index (χ0) is 43.2. The van der Waals surface area contributed by atoms with Gasteiger partial charge in [-0.05, 0) is 147 Å². The highest BCUT2D eigenvalue weighted by molar-refractivity contribution is 6.10. The number of nitrogens with one attached hydrogen (secondary N) is 2. The fraction of sp³-hybridized carbons (Fsp3) is 0.0667. The summed E-state index contributed by atoms with van der Waals surface area (Å²) in [5, 5.41) is 9.68. The van der Waals surface area contributed by atoms with Gasteiger partial charge in [0.2, 0.25) is 0 Å². The minimum absolute atomic E-state index is 0.667. The lowest BCUT2D eigenvalue weighted by molar-refractivity contribution is 0.751. The number of nitrogens with two attached hydrogens (primary N) is 1. The number of fused-ring (bicyclic) bond motifs is 3. The van der Waals surface area contributed by atoms with Crippen molar-refractivity contribution >= 4 is 33.1 Å². The van der Waals surface area contributed by atoms with Crippen LogP contribution in [0, 0.1) is 0 Å². The smallest absolute Gasteiger partial charge is 0.0541 e. The quantitative estimate of drug-likeness (QED) is 0.102. The number of para-hydroxylation sites is 2. The Hall–Kier alpha value is -7.92. The van der Waals surface area contributed by atoms with Crippen LogP contribution in [0.25, 0.3) is 88.7 Å². The molecule has 4 nitrogen and oxygen atoms in total. The summed E-state index contributed by atoms with van der Waals surface area (Å²) in [6.07, 6.45) is 2.60. The van der Waals surface area contributed by atoms with Gasteiger partial charge in [0, 0.05) is 41.3 Å². The normalized spacial score (nSPS) is 11.6. The van der Waals surface area contributed by atoms with Crippen LogP contribution in [0.5, 0.6) is 0 Å². The Balaban J connectivity index is 0.862. The first-order chi connectivity index (χ1) is 31.6. The Morgan fingerprint density at radius 1 is 0.469 bits per heavy atom. The number of rotatable bonds is 13. The van der Waals surface area contributed by atoms with Crippen LogP contribution in [0.3, 0.4) is 0 Å². The third-order valence-corrected chi connectivity index (χ3v) is 12.4. The summed E-state index contributed by atoms with van der Waals surface area (Å²) in [5.74, 6) is 0. The molecule has 10 rings (SSSR count). The topological polar surface area (TPSA) is 55.0 Å². The van der Waals surface area contributed by atoms with Crippen LogP contribution in [0.2, 0.25) is 0 Å². The predicted molar refractivity (Wildman–Crippen MR) is 273 cm³/mol. The maximum Gasteiger partial charge on any atom is 0.0541 e. The Labute approximate surface area is 376 Å². The van der Waals surface area contributed by atoms with E-state index >= 15 is 0 Å². The highest BCUT2D eigenvalue weighted by Gasteiger charge is 2.16. The largest absolute Gasteiger partial charge is 0.404 e. The maximum absolute atomic E-state index is 6.29. The van der Waals surface area contributed by atoms with Gasteiger partial charge >= 0.3 is 0 Å². The second kappa shape index (κ2) is 18.2. The predicted octanol–water partition coefficient (Wildman–Crippen LogP) is 14.3. The fourth-order valence-corrected chi connectivity index (χ4v) is 9.14. The summed E-state index contributed by atoms with van der Waals surface area (Å²) in [6.45, 7) is 1.47. The summed E-state index contributed by atoms with van der Waals surface area (Å²) in [6, 6.07) is 78.7. The molecule has 0 unspecified atom stereocenters. The molecule has 0 aliphatic rings. The van der Waals surface area contributed by atoms with E-state index in [1.807, 2.05) is 7.05 Å². The lowest BCUT2D eigenvalue weighted by Crippen LogP contribution is -2.20. The fourth-order valence-electron chi connectivity index (χ4n) is 9.14. The molecule has 0 amide bonds. The van der Waals surface area contributed by atoms with Gasteiger partial charge in [0.05, 0.1) is 11.0 Å². The summed E-state index contributed by atoms with van der Waals surface area (Å²) in [4.78, 5) is 0. The van der Waals surface area contributed by atoms with E-state index in [0.29, 0.717) is 6.54 Å². The third-order valence-electron chi connectivity index (χ3n) is 12.4. The van der Waals surface area contributed by atoms with Gasteiger partial charge in [-0.15, -0.1) is 0 Å². The van der Waals surface area contributed by atoms with Gasteiger partial charge < -0.3 is 20.9 Å². The van der Waals surface area contributed by atoms with E-state index in [-0.39, 0.29) is 0 Å². The lowest BCUT2D eigenvalue weighted by atomic mass is 9.92. The minimum Gasteiger partial charge on any atom is -0.404 e. The van der Waals surface area contributed by atoms with Gasteiger partial charge in [-0.2, -0.15) is 0 Å². The summed E-state index contributed by atoms with van der Waals surface area (Å²) in [7, 11) is 2.00. The number of nitrogens with zero attached hydrogens (tertiary/aromatic N) is 1. The third kappa shape index (κ3) is 8.11. The summed E-state index contributed by atoms with van der Waals surface area (Å²) in [5.41, 5.74) is 26.4. The van der Waals surface area contributed by atoms with Crippen LogP contribution in [-0.4, -0.2) is 24.7 Å². The Morgan fingerprint density at radius 2 is 1.02 bits per heavy atom. The van der Waals surface area contributed by atoms with E-state index < -0.39 is 0 Å². The van der Waals surface area contributed by atoms with E-state index in [4.69, 9.17) is 5.73 Å². The standard InChI is InChI=1S/C60H50N4/c1-62-58-31-29-47(48-30-32-60-57(39-48)55-23-13-14-24-59(55)64(60)53-20-9-4-10-21-53)38-56(58)54-22-12-11-19-46(54)33-34-63-41-52(40-61)45-27-25-44(26-28-45)51-36-49(42-15-5-2-6-16-42)35-50(37-51)43-17-7-3-8-18-43/h2-32,35-40,62-63H,33-34,41,61H2,1H3/b52-40+. The van der Waals surface area contributed by atoms with Gasteiger partial charge in [0.15, 0.2) is 0 Å². The van der Waals surface area contributed by atoms with E-state index in [1.165, 1.54) is 83.0 Å². The summed E-state index contributed by atoms with van der Waals surface area (Å²) < 4.78 is 2.37. The number of hydrogen-bond donors (Lipinski definition) is 3. The first kappa shape index (κ1) is 40.2. The molecule has 4 heteroatoms. The van der Waals surface area contributed by atoms with Crippen molar-refractivity contribution in [3.63, 3.8) is 0 Å². The van der Waals surface area contributed by atoms with E-state index in [9.17, 15) is 0 Å². The second-order valence-electron chi connectivity index (χ2n) is 16.3. The molecule has 0 fully saturated rings. The summed E-state index contributed by atoms with van der Waals surface area (Å²) >= 11 is 0. The van der Waals surface area contributed by atoms with Gasteiger partial charge in [0.25, 0.3) is 0 Å². The minimum atomic E-state index is 0.667. The number of hydrogen-bond acceptors (Lipinski definition) is 3. The van der Waals surface area contributed by atoms with Gasteiger partial charge in [0.1, 0.15) is 0 Å². The van der Waals surface area contributed by atoms with E-state index in [2.05, 4.69) is 234 Å². The van der Waals surface area contributed by atoms with Crippen molar-refractivity contribution in [2.75, 3.05) is 25.5 Å². The van der Waals surface area contributed by atoms with Crippen LogP contribution in [0.1, 0.15) is 11.1 Å². The maximum atomic E-state index is 6.29. The Bertz CT molecular complexity index is 3180. The zero-order valence-corrected chi connectivity index (χ0v) is 36.0. The zero-order valence-electron chi connectivity index (χ0n) is 36.0. The van der Waals surface area contributed by atoms with E-state index in [1.54, 1.807) is 6.20 Å². The molecule has 64 heavy (non-hydrogen) atoms. The molecular weight excluding hydrogens is 777 g/mol. The molecule has 0 radical (unpaired) electrons. The van der Waals surface area contributed by atoms with Crippen molar-refractivity contribution in [1.29, 1.82) is 0 Å². The van der Waals surface area contributed by atoms with Crippen molar-refractivity contribution in [2.45, 2.75) is 6.42 Å². The molecule has 1 heterocycles. The monoisotopic (exact) mass is 826 g/mol. The molecule has 4 N–H and O–H groups in total. The van der Waals surface area contributed by atoms with E-state index in [0.717, 1.165) is 35.5 Å². The average Bonchev–Trinajstić information content (AvgIpc) is 3.71. The highest BCUT2D eigenvalue weighted by atomic mass is 15.0. The molecule has 310 valence electrons. The molecule has 0 bridgehead atoms. The molecule has 0 saturated carbocycles. The van der Waals surface area contributed by atoms with Crippen LogP contribution < -0.4 is 16.4 Å². The molecular formula is C60H50N4. The molecule has 0 atom stereocenters. The number of anilines is 1. The average molecular weight is 827 g/mol. The van der Waals surface area contributed by atoms with Crippen molar-refractivity contribution in [3.8, 4) is 61.3 Å². The van der Waals surface area contributed by atoms with Gasteiger partial charge in [-0.3, -0.25) is 0 Å². The van der Waals surface area contributed by atoms with Crippen molar-refractivity contribution in [1.82, 2.24) is 9.88 Å². The molecule has 10 aromatic rings. The Morgan fingerprint density at radius 3 is 1.69 bits per heavy atom. The van der Waals surface area contributed by atoms with Crippen LogP contribution >= 0.6 is 0 Å². The lowest BCUT2D eigenvalue weighted by Gasteiger charge is -2.16. The SMILES string of the molecule is CNc1ccc(-c2ccc3c(c2)c2ccccc2n3-c2ccccc2)cc1-c1ccccc1CCNC/C(=C\N)c1ccc(-c2cc(-c3ccccc3)cc(-c3ccccc3)c2)cc1. The molecule has 9 aromatic carbocycles. The molecule has 0 spiro atoms. The first-order valence-corrected chi connectivity index (χ1v) is 22.1. The van der Waals surface area contributed by atoms with Crippen LogP contribution in [0.4, 0.5) is 5.69 Å². The molecule has 0 saturated heterocycles. The molecule has 1 aromatic heterocycles. The van der Waals surface area contributed by atoms with Crippen LogP contribution in [0.15, 0.2) is 225 Å². The van der Waals surface area contributed by atoms with Gasteiger partial charge in [-0.1, -0.05) is 158 Å². The highest BCUT2D eigenvalue weighted by Crippen LogP contribution is 2.39. The van der Waals surface area contributed by atoms with Crippen LogP contribution in [-0.2, 0) is 6.42 Å². The van der Waals surface area contributed by atoms with Crippen molar-refractivity contribution < 1.29 is 0 Å². The second-order valence-corrected chi connectivity index (χ2v) is 16.3. The number of aromatic nitrogens is 1. The van der Waals surface area contributed by atoms with Crippen molar-refractivity contribution in [3.05, 3.63) is 236 Å². The van der Waals surface area contributed by atoms with Gasteiger partial charge in [-0.25, -0.2) is 0 Å². The Kier molecular flexibility index (Phi) is 11.4. The first-order valence-electron chi connectivity index (χ1n) is 22.1. The van der Waals surface area contributed by atoms with Crippen molar-refractivity contribution in [2.24, 2.45) is 5.73 Å².